The Hall–Kier alpha value is -1.16. The van der Waals surface area contributed by atoms with Gasteiger partial charge in [0, 0.05) is 18.5 Å². The van der Waals surface area contributed by atoms with E-state index >= 15 is 0 Å². The first-order valence-corrected chi connectivity index (χ1v) is 5.89. The number of nitrogens with one attached hydrogen (secondary N) is 2. The van der Waals surface area contributed by atoms with Gasteiger partial charge in [0.1, 0.15) is 11.6 Å². The molecule has 2 N–H and O–H groups in total. The highest BCUT2D eigenvalue weighted by molar-refractivity contribution is 5.37. The van der Waals surface area contributed by atoms with Crippen LogP contribution >= 0.6 is 0 Å². The number of nitrogens with zero attached hydrogens (tertiary/aromatic N) is 2. The van der Waals surface area contributed by atoms with Gasteiger partial charge in [-0.2, -0.15) is 0 Å². The molecule has 0 saturated carbocycles. The lowest BCUT2D eigenvalue weighted by atomic mass is 9.78. The molecule has 4 heteroatoms. The second-order valence-electron chi connectivity index (χ2n) is 4.75. The first-order chi connectivity index (χ1) is 7.64. The van der Waals surface area contributed by atoms with E-state index in [9.17, 15) is 0 Å². The van der Waals surface area contributed by atoms with E-state index < -0.39 is 0 Å². The lowest BCUT2D eigenvalue weighted by Gasteiger charge is -2.33. The predicted molar refractivity (Wildman–Crippen MR) is 65.8 cm³/mol. The molecule has 1 aromatic heterocycles. The van der Waals surface area contributed by atoms with E-state index in [1.54, 1.807) is 0 Å². The lowest BCUT2D eigenvalue weighted by molar-refractivity contribution is 0.327. The first-order valence-electron chi connectivity index (χ1n) is 5.89. The predicted octanol–water partition coefficient (Wildman–Crippen LogP) is 1.47. The van der Waals surface area contributed by atoms with Crippen LogP contribution in [0, 0.1) is 6.92 Å². The fraction of sp³-hybridized carbons (Fsp3) is 0.667. The summed E-state index contributed by atoms with van der Waals surface area (Å²) < 4.78 is 0. The van der Waals surface area contributed by atoms with Crippen LogP contribution in [-0.2, 0) is 5.41 Å². The third-order valence-electron chi connectivity index (χ3n) is 3.42. The SMILES string of the molecule is CNc1cc(C2(C)CCNCC2)nc(C)n1. The molecular formula is C12H20N4. The Bertz CT molecular complexity index is 369. The third kappa shape index (κ3) is 2.16. The van der Waals surface area contributed by atoms with E-state index in [1.807, 2.05) is 14.0 Å². The molecule has 0 radical (unpaired) electrons. The van der Waals surface area contributed by atoms with Gasteiger partial charge < -0.3 is 10.6 Å². The molecule has 16 heavy (non-hydrogen) atoms. The maximum atomic E-state index is 4.60. The zero-order valence-corrected chi connectivity index (χ0v) is 10.3. The second kappa shape index (κ2) is 4.37. The Morgan fingerprint density at radius 2 is 2.00 bits per heavy atom. The second-order valence-corrected chi connectivity index (χ2v) is 4.75. The van der Waals surface area contributed by atoms with Gasteiger partial charge in [-0.1, -0.05) is 6.92 Å². The topological polar surface area (TPSA) is 49.8 Å². The van der Waals surface area contributed by atoms with E-state index in [2.05, 4.69) is 33.6 Å². The van der Waals surface area contributed by atoms with Crippen LogP contribution < -0.4 is 10.6 Å². The van der Waals surface area contributed by atoms with E-state index in [-0.39, 0.29) is 5.41 Å². The fourth-order valence-electron chi connectivity index (χ4n) is 2.24. The van der Waals surface area contributed by atoms with Crippen molar-refractivity contribution in [3.05, 3.63) is 17.6 Å². The van der Waals surface area contributed by atoms with Crippen molar-refractivity contribution in [2.75, 3.05) is 25.5 Å². The number of hydrogen-bond acceptors (Lipinski definition) is 4. The van der Waals surface area contributed by atoms with Crippen LogP contribution in [0.3, 0.4) is 0 Å². The summed E-state index contributed by atoms with van der Waals surface area (Å²) >= 11 is 0. The van der Waals surface area contributed by atoms with Crippen molar-refractivity contribution in [1.29, 1.82) is 0 Å². The van der Waals surface area contributed by atoms with Crippen LogP contribution in [0.25, 0.3) is 0 Å². The van der Waals surface area contributed by atoms with Crippen molar-refractivity contribution < 1.29 is 0 Å². The maximum absolute atomic E-state index is 4.60. The largest absolute Gasteiger partial charge is 0.373 e. The molecule has 88 valence electrons. The van der Waals surface area contributed by atoms with Crippen LogP contribution in [0.4, 0.5) is 5.82 Å². The lowest BCUT2D eigenvalue weighted by Crippen LogP contribution is -2.38. The van der Waals surface area contributed by atoms with Gasteiger partial charge in [0.2, 0.25) is 0 Å². The molecule has 2 rings (SSSR count). The molecule has 0 spiro atoms. The van der Waals surface area contributed by atoms with Gasteiger partial charge in [0.15, 0.2) is 0 Å². The maximum Gasteiger partial charge on any atom is 0.129 e. The summed E-state index contributed by atoms with van der Waals surface area (Å²) in [7, 11) is 1.90. The summed E-state index contributed by atoms with van der Waals surface area (Å²) in [6.45, 7) is 6.41. The summed E-state index contributed by atoms with van der Waals surface area (Å²) in [5.74, 6) is 1.77. The first kappa shape index (κ1) is 11.3. The molecule has 1 aromatic rings. The van der Waals surface area contributed by atoms with Gasteiger partial charge in [0.05, 0.1) is 5.69 Å². The van der Waals surface area contributed by atoms with Crippen LogP contribution in [0.2, 0.25) is 0 Å². The third-order valence-corrected chi connectivity index (χ3v) is 3.42. The molecule has 0 aromatic carbocycles. The van der Waals surface area contributed by atoms with Crippen molar-refractivity contribution in [2.45, 2.75) is 32.1 Å². The number of hydrogen-bond donors (Lipinski definition) is 2. The van der Waals surface area contributed by atoms with Gasteiger partial charge in [-0.15, -0.1) is 0 Å². The average molecular weight is 220 g/mol. The zero-order chi connectivity index (χ0) is 11.6. The molecule has 0 amide bonds. The minimum absolute atomic E-state index is 0.199. The summed E-state index contributed by atoms with van der Waals surface area (Å²) in [4.78, 5) is 8.94. The number of aryl methyl sites for hydroxylation is 1. The smallest absolute Gasteiger partial charge is 0.129 e. The molecular weight excluding hydrogens is 200 g/mol. The minimum Gasteiger partial charge on any atom is -0.373 e. The van der Waals surface area contributed by atoms with Gasteiger partial charge >= 0.3 is 0 Å². The van der Waals surface area contributed by atoms with Crippen LogP contribution in [0.5, 0.6) is 0 Å². The molecule has 4 nitrogen and oxygen atoms in total. The molecule has 0 atom stereocenters. The van der Waals surface area contributed by atoms with Crippen molar-refractivity contribution >= 4 is 5.82 Å². The van der Waals surface area contributed by atoms with Crippen LogP contribution in [0.15, 0.2) is 6.07 Å². The Kier molecular flexibility index (Phi) is 3.10. The Morgan fingerprint density at radius 1 is 1.31 bits per heavy atom. The number of anilines is 1. The van der Waals surface area contributed by atoms with Crippen molar-refractivity contribution in [1.82, 2.24) is 15.3 Å². The molecule has 1 saturated heterocycles. The van der Waals surface area contributed by atoms with E-state index in [1.165, 1.54) is 5.69 Å². The number of piperidine rings is 1. The molecule has 0 unspecified atom stereocenters. The minimum atomic E-state index is 0.199. The van der Waals surface area contributed by atoms with Gasteiger partial charge in [-0.05, 0) is 32.9 Å². The normalized spacial score (nSPS) is 19.4. The average Bonchev–Trinajstić information content (AvgIpc) is 2.29. The summed E-state index contributed by atoms with van der Waals surface area (Å²) in [5.41, 5.74) is 1.37. The molecule has 1 fully saturated rings. The van der Waals surface area contributed by atoms with Crippen molar-refractivity contribution in [2.24, 2.45) is 0 Å². The Balaban J connectivity index is 2.34. The van der Waals surface area contributed by atoms with Crippen LogP contribution in [0.1, 0.15) is 31.3 Å². The monoisotopic (exact) mass is 220 g/mol. The van der Waals surface area contributed by atoms with E-state index in [0.717, 1.165) is 37.6 Å². The Morgan fingerprint density at radius 3 is 2.62 bits per heavy atom. The zero-order valence-electron chi connectivity index (χ0n) is 10.3. The highest BCUT2D eigenvalue weighted by Gasteiger charge is 2.30. The quantitative estimate of drug-likeness (QED) is 0.792. The van der Waals surface area contributed by atoms with Gasteiger partial charge in [-0.25, -0.2) is 9.97 Å². The summed E-state index contributed by atoms with van der Waals surface area (Å²) in [6.07, 6.45) is 2.29. The Labute approximate surface area is 96.9 Å². The molecule has 1 aliphatic rings. The van der Waals surface area contributed by atoms with Gasteiger partial charge in [0.25, 0.3) is 0 Å². The van der Waals surface area contributed by atoms with Crippen molar-refractivity contribution in [3.63, 3.8) is 0 Å². The van der Waals surface area contributed by atoms with E-state index in [0.29, 0.717) is 0 Å². The van der Waals surface area contributed by atoms with Crippen molar-refractivity contribution in [3.8, 4) is 0 Å². The molecule has 0 aliphatic carbocycles. The number of aromatic nitrogens is 2. The highest BCUT2D eigenvalue weighted by atomic mass is 15.0. The summed E-state index contributed by atoms with van der Waals surface area (Å²) in [6, 6.07) is 2.08. The standard InChI is InChI=1S/C12H20N4/c1-9-15-10(8-11(13-3)16-9)12(2)4-6-14-7-5-12/h8,14H,4-7H2,1-3H3,(H,13,15,16). The number of rotatable bonds is 2. The molecule has 2 heterocycles. The fourth-order valence-corrected chi connectivity index (χ4v) is 2.24. The summed E-state index contributed by atoms with van der Waals surface area (Å²) in [5, 5.41) is 6.49. The van der Waals surface area contributed by atoms with Crippen LogP contribution in [-0.4, -0.2) is 30.1 Å². The van der Waals surface area contributed by atoms with E-state index in [4.69, 9.17) is 0 Å². The molecule has 1 aliphatic heterocycles. The molecule has 0 bridgehead atoms. The van der Waals surface area contributed by atoms with Gasteiger partial charge in [-0.3, -0.25) is 0 Å². The highest BCUT2D eigenvalue weighted by Crippen LogP contribution is 2.32.